The second-order valence-corrected chi connectivity index (χ2v) is 7.36. The molecule has 1 saturated carbocycles. The maximum absolute atomic E-state index is 12.5. The lowest BCUT2D eigenvalue weighted by Gasteiger charge is -2.39. The van der Waals surface area contributed by atoms with Crippen LogP contribution in [-0.4, -0.2) is 16.8 Å². The van der Waals surface area contributed by atoms with Crippen LogP contribution < -0.4 is 0 Å². The fraction of sp³-hybridized carbons (Fsp3) is 0.929. The predicted molar refractivity (Wildman–Crippen MR) is 70.8 cm³/mol. The van der Waals surface area contributed by atoms with Crippen molar-refractivity contribution in [3.05, 3.63) is 0 Å². The van der Waals surface area contributed by atoms with Gasteiger partial charge in [-0.3, -0.25) is 4.79 Å². The van der Waals surface area contributed by atoms with Crippen molar-refractivity contribution in [3.63, 3.8) is 0 Å². The average molecular weight is 240 g/mol. The smallest absolute Gasteiger partial charge is 0.149 e. The van der Waals surface area contributed by atoms with Crippen molar-refractivity contribution in [3.8, 4) is 0 Å². The van der Waals surface area contributed by atoms with E-state index in [0.717, 1.165) is 12.8 Å². The van der Waals surface area contributed by atoms with Crippen LogP contribution in [0.5, 0.6) is 0 Å². The standard InChI is InChI=1S/C14H24OS/c1-14(2)9-5-3-7-11(14)13(15)12-8-4-6-10-16-12/h11-12H,3-10H2,1-2H3. The molecule has 2 heteroatoms. The molecule has 2 aliphatic rings. The van der Waals surface area contributed by atoms with Crippen molar-refractivity contribution in [1.29, 1.82) is 0 Å². The Morgan fingerprint density at radius 3 is 2.50 bits per heavy atom. The van der Waals surface area contributed by atoms with E-state index >= 15 is 0 Å². The molecule has 2 atom stereocenters. The van der Waals surface area contributed by atoms with E-state index in [1.807, 2.05) is 11.8 Å². The van der Waals surface area contributed by atoms with E-state index in [9.17, 15) is 4.79 Å². The molecule has 0 aromatic heterocycles. The molecule has 0 bridgehead atoms. The van der Waals surface area contributed by atoms with Gasteiger partial charge in [-0.2, -0.15) is 11.8 Å². The lowest BCUT2D eigenvalue weighted by atomic mass is 9.66. The number of hydrogen-bond donors (Lipinski definition) is 0. The number of ketones is 1. The Kier molecular flexibility index (Phi) is 3.99. The van der Waals surface area contributed by atoms with Gasteiger partial charge in [-0.1, -0.05) is 33.1 Å². The van der Waals surface area contributed by atoms with Gasteiger partial charge in [0.25, 0.3) is 0 Å². The maximum Gasteiger partial charge on any atom is 0.149 e. The third kappa shape index (κ3) is 2.64. The largest absolute Gasteiger partial charge is 0.298 e. The first-order valence-corrected chi connectivity index (χ1v) is 7.81. The zero-order chi connectivity index (χ0) is 11.6. The first-order valence-electron chi connectivity index (χ1n) is 6.76. The van der Waals surface area contributed by atoms with Crippen molar-refractivity contribution in [2.75, 3.05) is 5.75 Å². The molecular formula is C14H24OS. The monoisotopic (exact) mass is 240 g/mol. The van der Waals surface area contributed by atoms with Crippen molar-refractivity contribution < 1.29 is 4.79 Å². The lowest BCUT2D eigenvalue weighted by Crippen LogP contribution is -2.39. The van der Waals surface area contributed by atoms with Crippen LogP contribution in [0.1, 0.15) is 58.8 Å². The Labute approximate surface area is 104 Å². The first-order chi connectivity index (χ1) is 7.61. The summed E-state index contributed by atoms with van der Waals surface area (Å²) in [5.41, 5.74) is 0.257. The first kappa shape index (κ1) is 12.5. The summed E-state index contributed by atoms with van der Waals surface area (Å²) < 4.78 is 0. The van der Waals surface area contributed by atoms with E-state index in [1.54, 1.807) is 0 Å². The summed E-state index contributed by atoms with van der Waals surface area (Å²) in [6, 6.07) is 0. The van der Waals surface area contributed by atoms with Gasteiger partial charge in [0.05, 0.1) is 5.25 Å². The molecule has 0 aromatic rings. The molecule has 0 amide bonds. The third-order valence-corrected chi connectivity index (χ3v) is 5.74. The molecule has 2 rings (SSSR count). The molecule has 16 heavy (non-hydrogen) atoms. The van der Waals surface area contributed by atoms with E-state index in [2.05, 4.69) is 13.8 Å². The maximum atomic E-state index is 12.5. The minimum Gasteiger partial charge on any atom is -0.298 e. The van der Waals surface area contributed by atoms with Crippen LogP contribution in [0.3, 0.4) is 0 Å². The Morgan fingerprint density at radius 2 is 1.88 bits per heavy atom. The van der Waals surface area contributed by atoms with Crippen LogP contribution in [-0.2, 0) is 4.79 Å². The quantitative estimate of drug-likeness (QED) is 0.724. The Morgan fingerprint density at radius 1 is 1.12 bits per heavy atom. The number of carbonyl (C=O) groups is 1. The van der Waals surface area contributed by atoms with E-state index in [0.29, 0.717) is 17.0 Å². The summed E-state index contributed by atoms with van der Waals surface area (Å²) in [7, 11) is 0. The van der Waals surface area contributed by atoms with Gasteiger partial charge in [0.2, 0.25) is 0 Å². The SMILES string of the molecule is CC1(C)CCCCC1C(=O)C1CCCCS1. The fourth-order valence-electron chi connectivity index (χ4n) is 3.21. The van der Waals surface area contributed by atoms with Crippen molar-refractivity contribution in [2.24, 2.45) is 11.3 Å². The molecule has 1 aliphatic heterocycles. The number of Topliss-reactive ketones (excluding diaryl/α,β-unsaturated/α-hetero) is 1. The summed E-state index contributed by atoms with van der Waals surface area (Å²) >= 11 is 1.92. The van der Waals surface area contributed by atoms with E-state index in [1.165, 1.54) is 37.9 Å². The van der Waals surface area contributed by atoms with E-state index in [4.69, 9.17) is 0 Å². The predicted octanol–water partition coefficient (Wildman–Crippen LogP) is 4.06. The van der Waals surface area contributed by atoms with Crippen molar-refractivity contribution >= 4 is 17.5 Å². The molecule has 0 radical (unpaired) electrons. The molecule has 1 nitrogen and oxygen atoms in total. The number of carbonyl (C=O) groups excluding carboxylic acids is 1. The number of hydrogen-bond acceptors (Lipinski definition) is 2. The molecule has 1 aliphatic carbocycles. The van der Waals surface area contributed by atoms with Gasteiger partial charge in [0.1, 0.15) is 5.78 Å². The highest BCUT2D eigenvalue weighted by Gasteiger charge is 2.40. The Balaban J connectivity index is 2.01. The van der Waals surface area contributed by atoms with Crippen LogP contribution in [0.15, 0.2) is 0 Å². The fourth-order valence-corrected chi connectivity index (χ4v) is 4.53. The third-order valence-electron chi connectivity index (χ3n) is 4.35. The summed E-state index contributed by atoms with van der Waals surface area (Å²) in [5.74, 6) is 2.12. The van der Waals surface area contributed by atoms with E-state index < -0.39 is 0 Å². The normalized spacial score (nSPS) is 34.6. The molecule has 0 spiro atoms. The molecule has 0 aromatic carbocycles. The highest BCUT2D eigenvalue weighted by Crippen LogP contribution is 2.43. The van der Waals surface area contributed by atoms with Crippen LogP contribution in [0, 0.1) is 11.3 Å². The van der Waals surface area contributed by atoms with E-state index in [-0.39, 0.29) is 5.41 Å². The molecular weight excluding hydrogens is 216 g/mol. The molecule has 92 valence electrons. The van der Waals surface area contributed by atoms with Gasteiger partial charge in [-0.05, 0) is 36.9 Å². The lowest BCUT2D eigenvalue weighted by molar-refractivity contribution is -0.127. The van der Waals surface area contributed by atoms with Gasteiger partial charge >= 0.3 is 0 Å². The zero-order valence-corrected chi connectivity index (χ0v) is 11.4. The number of thioether (sulfide) groups is 1. The highest BCUT2D eigenvalue weighted by molar-refractivity contribution is 8.00. The summed E-state index contributed by atoms with van der Waals surface area (Å²) in [6.45, 7) is 4.59. The highest BCUT2D eigenvalue weighted by atomic mass is 32.2. The minimum atomic E-state index is 0.257. The topological polar surface area (TPSA) is 17.1 Å². The molecule has 1 saturated heterocycles. The molecule has 0 N–H and O–H groups in total. The second kappa shape index (κ2) is 5.12. The van der Waals surface area contributed by atoms with Crippen molar-refractivity contribution in [1.82, 2.24) is 0 Å². The van der Waals surface area contributed by atoms with Gasteiger partial charge in [0.15, 0.2) is 0 Å². The van der Waals surface area contributed by atoms with Crippen LogP contribution in [0.25, 0.3) is 0 Å². The second-order valence-electron chi connectivity index (χ2n) is 6.04. The molecule has 2 unspecified atom stereocenters. The summed E-state index contributed by atoms with van der Waals surface area (Å²) in [6.07, 6.45) is 8.66. The van der Waals surface area contributed by atoms with Crippen molar-refractivity contribution in [2.45, 2.75) is 64.0 Å². The number of rotatable bonds is 2. The average Bonchev–Trinajstić information content (AvgIpc) is 2.29. The zero-order valence-electron chi connectivity index (χ0n) is 10.6. The van der Waals surface area contributed by atoms with Gasteiger partial charge in [-0.15, -0.1) is 0 Å². The minimum absolute atomic E-state index is 0.257. The summed E-state index contributed by atoms with van der Waals surface area (Å²) in [4.78, 5) is 12.5. The summed E-state index contributed by atoms with van der Waals surface area (Å²) in [5, 5.41) is 0.330. The Bertz CT molecular complexity index is 253. The van der Waals surface area contributed by atoms with Gasteiger partial charge in [-0.25, -0.2) is 0 Å². The van der Waals surface area contributed by atoms with Gasteiger partial charge in [0, 0.05) is 5.92 Å². The Hall–Kier alpha value is 0.0200. The molecule has 1 heterocycles. The van der Waals surface area contributed by atoms with Crippen LogP contribution >= 0.6 is 11.8 Å². The van der Waals surface area contributed by atoms with Crippen LogP contribution in [0.2, 0.25) is 0 Å². The van der Waals surface area contributed by atoms with Gasteiger partial charge < -0.3 is 0 Å². The van der Waals surface area contributed by atoms with Crippen LogP contribution in [0.4, 0.5) is 0 Å². The molecule has 2 fully saturated rings.